The molecule has 4 N–H and O–H groups in total. The Labute approximate surface area is 248 Å². The molecule has 236 valence electrons. The van der Waals surface area contributed by atoms with Crippen LogP contribution in [0.4, 0.5) is 5.69 Å². The molecule has 1 aromatic rings. The highest BCUT2D eigenvalue weighted by atomic mass is 16.5. The molecule has 0 saturated heterocycles. The van der Waals surface area contributed by atoms with Crippen LogP contribution >= 0.6 is 0 Å². The van der Waals surface area contributed by atoms with Crippen molar-refractivity contribution in [3.05, 3.63) is 29.8 Å². The number of carbonyl (C=O) groups is 4. The third-order valence-corrected chi connectivity index (χ3v) is 6.32. The minimum atomic E-state index is -0.389. The number of hydrogen-bond acceptors (Lipinski definition) is 9. The van der Waals surface area contributed by atoms with E-state index in [9.17, 15) is 19.2 Å². The van der Waals surface area contributed by atoms with Crippen LogP contribution in [0.2, 0.25) is 0 Å². The first-order valence-electron chi connectivity index (χ1n) is 14.4. The lowest BCUT2D eigenvalue weighted by atomic mass is 9.96. The number of aldehydes is 1. The molecule has 10 nitrogen and oxygen atoms in total. The van der Waals surface area contributed by atoms with E-state index in [0.29, 0.717) is 19.3 Å². The number of methoxy groups -OCH3 is 2. The Balaban J connectivity index is 0. The molecule has 0 aromatic heterocycles. The number of amides is 1. The van der Waals surface area contributed by atoms with Gasteiger partial charge in [-0.05, 0) is 71.3 Å². The van der Waals surface area contributed by atoms with Gasteiger partial charge in [0.15, 0.2) is 0 Å². The monoisotopic (exact) mass is 580 g/mol. The molecule has 0 radical (unpaired) electrons. The summed E-state index contributed by atoms with van der Waals surface area (Å²) in [4.78, 5) is 48.0. The Kier molecular flexibility index (Phi) is 21.5. The first-order valence-corrected chi connectivity index (χ1v) is 14.4. The van der Waals surface area contributed by atoms with Gasteiger partial charge in [-0.2, -0.15) is 0 Å². The van der Waals surface area contributed by atoms with E-state index in [2.05, 4.69) is 35.3 Å². The van der Waals surface area contributed by atoms with Gasteiger partial charge in [-0.15, -0.1) is 0 Å². The molecule has 0 heterocycles. The van der Waals surface area contributed by atoms with E-state index in [1.807, 2.05) is 52.0 Å². The molecule has 1 amide bonds. The maximum atomic E-state index is 12.8. The Morgan fingerprint density at radius 1 is 0.878 bits per heavy atom. The molecule has 0 spiro atoms. The van der Waals surface area contributed by atoms with E-state index in [1.54, 1.807) is 4.90 Å². The summed E-state index contributed by atoms with van der Waals surface area (Å²) < 4.78 is 8.91. The fourth-order valence-electron chi connectivity index (χ4n) is 3.32. The lowest BCUT2D eigenvalue weighted by molar-refractivity contribution is -0.142. The number of ether oxygens (including phenoxy) is 2. The number of rotatable bonds is 16. The molecule has 0 saturated carbocycles. The van der Waals surface area contributed by atoms with Crippen LogP contribution in [0.25, 0.3) is 0 Å². The SMILES string of the molecule is CC.CCC(C)(N)CCN(C)Cc1ccc(N(CCC(C)(C)N)C(=O)CCC(=O)OC)cc1.COC(=O)CCC=O. The first kappa shape index (κ1) is 40.3. The van der Waals surface area contributed by atoms with Crippen molar-refractivity contribution < 1.29 is 28.7 Å². The summed E-state index contributed by atoms with van der Waals surface area (Å²) >= 11 is 0. The fourth-order valence-corrected chi connectivity index (χ4v) is 3.32. The van der Waals surface area contributed by atoms with Gasteiger partial charge in [0.25, 0.3) is 0 Å². The van der Waals surface area contributed by atoms with Gasteiger partial charge in [-0.3, -0.25) is 14.4 Å². The van der Waals surface area contributed by atoms with E-state index in [0.717, 1.165) is 31.6 Å². The summed E-state index contributed by atoms with van der Waals surface area (Å²) in [7, 11) is 4.71. The normalized spacial score (nSPS) is 12.1. The van der Waals surface area contributed by atoms with Gasteiger partial charge < -0.3 is 35.5 Å². The molecule has 1 aromatic carbocycles. The van der Waals surface area contributed by atoms with Gasteiger partial charge in [-0.25, -0.2) is 0 Å². The zero-order chi connectivity index (χ0) is 32.1. The van der Waals surface area contributed by atoms with E-state index < -0.39 is 0 Å². The van der Waals surface area contributed by atoms with Crippen molar-refractivity contribution in [3.8, 4) is 0 Å². The standard InChI is InChI=1S/C24H42N4O3.C5H8O3.C2H6/c1-7-24(4,26)15-16-27(5)18-19-8-10-20(11-9-19)28(17-14-23(2,3)25)21(29)12-13-22(30)31-6;1-8-5(7)3-2-4-6;1-2/h8-11H,7,12-18,25-26H2,1-6H3;4H,2-3H2,1H3;1-2H3. The van der Waals surface area contributed by atoms with Crippen molar-refractivity contribution in [2.45, 2.75) is 104 Å². The number of nitrogens with two attached hydrogens (primary N) is 2. The molecule has 0 aliphatic rings. The van der Waals surface area contributed by atoms with Crippen molar-refractivity contribution >= 4 is 29.8 Å². The number of hydrogen-bond donors (Lipinski definition) is 2. The van der Waals surface area contributed by atoms with E-state index in [4.69, 9.17) is 11.5 Å². The summed E-state index contributed by atoms with van der Waals surface area (Å²) in [6.45, 7) is 14.3. The Morgan fingerprint density at radius 2 is 1.41 bits per heavy atom. The minimum absolute atomic E-state index is 0.0680. The second-order valence-corrected chi connectivity index (χ2v) is 10.8. The predicted octanol–water partition coefficient (Wildman–Crippen LogP) is 4.21. The van der Waals surface area contributed by atoms with Crippen LogP contribution in [0.1, 0.15) is 92.1 Å². The maximum Gasteiger partial charge on any atom is 0.306 e. The zero-order valence-corrected chi connectivity index (χ0v) is 27.0. The van der Waals surface area contributed by atoms with Crippen molar-refractivity contribution in [1.82, 2.24) is 4.90 Å². The highest BCUT2D eigenvalue weighted by Gasteiger charge is 2.21. The Morgan fingerprint density at radius 3 is 1.88 bits per heavy atom. The average Bonchev–Trinajstić information content (AvgIpc) is 2.95. The molecule has 1 rings (SSSR count). The number of anilines is 1. The number of carbonyl (C=O) groups excluding carboxylic acids is 4. The van der Waals surface area contributed by atoms with Gasteiger partial charge in [0.1, 0.15) is 6.29 Å². The largest absolute Gasteiger partial charge is 0.469 e. The highest BCUT2D eigenvalue weighted by molar-refractivity contribution is 5.94. The van der Waals surface area contributed by atoms with Crippen molar-refractivity contribution in [3.63, 3.8) is 0 Å². The third-order valence-electron chi connectivity index (χ3n) is 6.32. The Bertz CT molecular complexity index is 882. The Hall–Kier alpha value is -2.82. The summed E-state index contributed by atoms with van der Waals surface area (Å²) in [5.74, 6) is -0.832. The number of nitrogens with zero attached hydrogens (tertiary/aromatic N) is 2. The van der Waals surface area contributed by atoms with Crippen LogP contribution in [0.15, 0.2) is 24.3 Å². The fraction of sp³-hybridized carbons (Fsp3) is 0.677. The first-order chi connectivity index (χ1) is 19.2. The molecular formula is C31H56N4O6. The van der Waals surface area contributed by atoms with E-state index in [1.165, 1.54) is 19.8 Å². The molecule has 10 heteroatoms. The second kappa shape index (κ2) is 21.9. The average molecular weight is 581 g/mol. The van der Waals surface area contributed by atoms with Crippen LogP contribution in [0, 0.1) is 0 Å². The van der Waals surface area contributed by atoms with Crippen LogP contribution in [0.3, 0.4) is 0 Å². The molecule has 1 unspecified atom stereocenters. The van der Waals surface area contributed by atoms with Crippen LogP contribution < -0.4 is 16.4 Å². The van der Waals surface area contributed by atoms with Crippen LogP contribution in [0.5, 0.6) is 0 Å². The second-order valence-electron chi connectivity index (χ2n) is 10.8. The molecule has 0 aliphatic heterocycles. The van der Waals surface area contributed by atoms with Gasteiger partial charge in [-0.1, -0.05) is 32.9 Å². The lowest BCUT2D eigenvalue weighted by Gasteiger charge is -2.28. The summed E-state index contributed by atoms with van der Waals surface area (Å²) in [6.07, 6.45) is 3.86. The molecule has 0 aliphatic carbocycles. The van der Waals surface area contributed by atoms with Gasteiger partial charge >= 0.3 is 11.9 Å². The maximum absolute atomic E-state index is 12.8. The third kappa shape index (κ3) is 20.7. The summed E-state index contributed by atoms with van der Waals surface area (Å²) in [5.41, 5.74) is 13.8. The quantitative estimate of drug-likeness (QED) is 0.217. The summed E-state index contributed by atoms with van der Waals surface area (Å²) in [6, 6.07) is 8.01. The predicted molar refractivity (Wildman–Crippen MR) is 165 cm³/mol. The van der Waals surface area contributed by atoms with Gasteiger partial charge in [0.05, 0.1) is 27.1 Å². The molecular weight excluding hydrogens is 524 g/mol. The molecule has 41 heavy (non-hydrogen) atoms. The topological polar surface area (TPSA) is 145 Å². The van der Waals surface area contributed by atoms with Crippen LogP contribution in [-0.2, 0) is 35.2 Å². The zero-order valence-electron chi connectivity index (χ0n) is 27.0. The van der Waals surface area contributed by atoms with E-state index in [-0.39, 0.29) is 54.6 Å². The van der Waals surface area contributed by atoms with Crippen LogP contribution in [-0.4, -0.2) is 74.5 Å². The number of benzene rings is 1. The minimum Gasteiger partial charge on any atom is -0.469 e. The highest BCUT2D eigenvalue weighted by Crippen LogP contribution is 2.20. The lowest BCUT2D eigenvalue weighted by Crippen LogP contribution is -2.40. The van der Waals surface area contributed by atoms with Crippen molar-refractivity contribution in [1.29, 1.82) is 0 Å². The molecule has 0 bridgehead atoms. The summed E-state index contributed by atoms with van der Waals surface area (Å²) in [5, 5.41) is 0. The molecule has 1 atom stereocenters. The molecule has 0 fully saturated rings. The number of esters is 2. The van der Waals surface area contributed by atoms with Gasteiger partial charge in [0, 0.05) is 42.7 Å². The van der Waals surface area contributed by atoms with Crippen molar-refractivity contribution in [2.24, 2.45) is 11.5 Å². The van der Waals surface area contributed by atoms with Gasteiger partial charge in [0.2, 0.25) is 5.91 Å². The van der Waals surface area contributed by atoms with E-state index >= 15 is 0 Å². The van der Waals surface area contributed by atoms with Crippen molar-refractivity contribution in [2.75, 3.05) is 39.3 Å². The smallest absolute Gasteiger partial charge is 0.306 e.